The number of carbonyl (C=O) groups excluding carboxylic acids is 1. The molecule has 0 aliphatic carbocycles. The van der Waals surface area contributed by atoms with Gasteiger partial charge in [0, 0.05) is 0 Å². The number of rotatable bonds is 3. The third kappa shape index (κ3) is 2.84. The topological polar surface area (TPSA) is 26.3 Å². The van der Waals surface area contributed by atoms with Crippen molar-refractivity contribution in [3.05, 3.63) is 34.9 Å². The fourth-order valence-corrected chi connectivity index (χ4v) is 1.70. The molecular formula is C14H20O2. The predicted octanol–water partition coefficient (Wildman–Crippen LogP) is 3.36. The van der Waals surface area contributed by atoms with E-state index < -0.39 is 0 Å². The van der Waals surface area contributed by atoms with E-state index in [9.17, 15) is 4.79 Å². The van der Waals surface area contributed by atoms with Gasteiger partial charge in [-0.15, -0.1) is 0 Å². The number of hydrogen-bond donors (Lipinski definition) is 0. The van der Waals surface area contributed by atoms with Crippen LogP contribution in [0.5, 0.6) is 0 Å². The summed E-state index contributed by atoms with van der Waals surface area (Å²) in [7, 11) is 0. The van der Waals surface area contributed by atoms with Gasteiger partial charge in [0.2, 0.25) is 0 Å². The van der Waals surface area contributed by atoms with E-state index in [4.69, 9.17) is 4.74 Å². The molecule has 0 saturated heterocycles. The van der Waals surface area contributed by atoms with Gasteiger partial charge in [-0.2, -0.15) is 0 Å². The molecule has 0 aliphatic heterocycles. The van der Waals surface area contributed by atoms with E-state index in [-0.39, 0.29) is 18.0 Å². The Bertz CT molecular complexity index is 380. The molecule has 2 nitrogen and oxygen atoms in total. The average molecular weight is 220 g/mol. The molecule has 0 fully saturated rings. The molecule has 1 aromatic rings. The Kier molecular flexibility index (Phi) is 4.11. The number of benzene rings is 1. The monoisotopic (exact) mass is 220 g/mol. The Morgan fingerprint density at radius 3 is 2.38 bits per heavy atom. The van der Waals surface area contributed by atoms with Crippen LogP contribution in [0.15, 0.2) is 18.2 Å². The van der Waals surface area contributed by atoms with E-state index in [1.54, 1.807) is 0 Å². The maximum atomic E-state index is 11.8. The first-order valence-electron chi connectivity index (χ1n) is 5.70. The number of ether oxygens (including phenoxy) is 1. The molecule has 0 aliphatic rings. The number of esters is 1. The molecule has 0 N–H and O–H groups in total. The van der Waals surface area contributed by atoms with Gasteiger partial charge in [0.1, 0.15) is 0 Å². The van der Waals surface area contributed by atoms with Crippen LogP contribution in [0, 0.1) is 13.8 Å². The van der Waals surface area contributed by atoms with Crippen molar-refractivity contribution in [3.63, 3.8) is 0 Å². The molecule has 0 saturated carbocycles. The van der Waals surface area contributed by atoms with E-state index >= 15 is 0 Å². The zero-order chi connectivity index (χ0) is 12.3. The fourth-order valence-electron chi connectivity index (χ4n) is 1.70. The molecular weight excluding hydrogens is 200 g/mol. The smallest absolute Gasteiger partial charge is 0.313 e. The van der Waals surface area contributed by atoms with Gasteiger partial charge in [-0.25, -0.2) is 0 Å². The predicted molar refractivity (Wildman–Crippen MR) is 65.6 cm³/mol. The van der Waals surface area contributed by atoms with E-state index in [0.717, 1.165) is 5.56 Å². The lowest BCUT2D eigenvalue weighted by molar-refractivity contribution is -0.148. The van der Waals surface area contributed by atoms with Gasteiger partial charge < -0.3 is 4.74 Å². The molecule has 0 spiro atoms. The highest BCUT2D eigenvalue weighted by Crippen LogP contribution is 2.23. The zero-order valence-corrected chi connectivity index (χ0v) is 10.7. The molecule has 0 heterocycles. The standard InChI is InChI=1S/C14H20O2/c1-9(2)16-14(15)12(5)13-8-6-7-10(3)11(13)4/h6-9,12H,1-5H3. The van der Waals surface area contributed by atoms with Crippen molar-refractivity contribution in [2.75, 3.05) is 0 Å². The quantitative estimate of drug-likeness (QED) is 0.730. The van der Waals surface area contributed by atoms with Crippen molar-refractivity contribution in [3.8, 4) is 0 Å². The van der Waals surface area contributed by atoms with Gasteiger partial charge in [0.15, 0.2) is 0 Å². The largest absolute Gasteiger partial charge is 0.463 e. The second-order valence-corrected chi connectivity index (χ2v) is 4.50. The summed E-state index contributed by atoms with van der Waals surface area (Å²) in [5.74, 6) is -0.342. The highest BCUT2D eigenvalue weighted by Gasteiger charge is 2.19. The highest BCUT2D eigenvalue weighted by molar-refractivity contribution is 5.78. The van der Waals surface area contributed by atoms with Crippen molar-refractivity contribution in [2.24, 2.45) is 0 Å². The average Bonchev–Trinajstić information content (AvgIpc) is 2.20. The number of carbonyl (C=O) groups is 1. The Balaban J connectivity index is 2.92. The molecule has 1 unspecified atom stereocenters. The number of hydrogen-bond acceptors (Lipinski definition) is 2. The zero-order valence-electron chi connectivity index (χ0n) is 10.7. The van der Waals surface area contributed by atoms with E-state index in [1.807, 2.05) is 39.8 Å². The first-order chi connectivity index (χ1) is 7.43. The van der Waals surface area contributed by atoms with Crippen molar-refractivity contribution >= 4 is 5.97 Å². The Morgan fingerprint density at radius 1 is 1.19 bits per heavy atom. The van der Waals surface area contributed by atoms with Gasteiger partial charge >= 0.3 is 5.97 Å². The summed E-state index contributed by atoms with van der Waals surface area (Å²) in [5, 5.41) is 0. The first kappa shape index (κ1) is 12.8. The molecule has 88 valence electrons. The normalized spacial score (nSPS) is 12.6. The van der Waals surface area contributed by atoms with Crippen molar-refractivity contribution < 1.29 is 9.53 Å². The van der Waals surface area contributed by atoms with Crippen LogP contribution in [-0.4, -0.2) is 12.1 Å². The minimum absolute atomic E-state index is 0.0555. The fraction of sp³-hybridized carbons (Fsp3) is 0.500. The summed E-state index contributed by atoms with van der Waals surface area (Å²) in [6.45, 7) is 9.73. The van der Waals surface area contributed by atoms with Gasteiger partial charge in [-0.05, 0) is 51.3 Å². The summed E-state index contributed by atoms with van der Waals surface area (Å²) in [6.07, 6.45) is -0.0555. The second kappa shape index (κ2) is 5.15. The summed E-state index contributed by atoms with van der Waals surface area (Å²) < 4.78 is 5.22. The molecule has 16 heavy (non-hydrogen) atoms. The first-order valence-corrected chi connectivity index (χ1v) is 5.70. The van der Waals surface area contributed by atoms with Crippen LogP contribution >= 0.6 is 0 Å². The minimum Gasteiger partial charge on any atom is -0.463 e. The van der Waals surface area contributed by atoms with E-state index in [0.29, 0.717) is 0 Å². The lowest BCUT2D eigenvalue weighted by Crippen LogP contribution is -2.18. The summed E-state index contributed by atoms with van der Waals surface area (Å²) >= 11 is 0. The van der Waals surface area contributed by atoms with Gasteiger partial charge in [-0.1, -0.05) is 18.2 Å². The maximum absolute atomic E-state index is 11.8. The van der Waals surface area contributed by atoms with Crippen LogP contribution in [0.2, 0.25) is 0 Å². The Labute approximate surface area is 97.6 Å². The molecule has 1 atom stereocenters. The maximum Gasteiger partial charge on any atom is 0.313 e. The highest BCUT2D eigenvalue weighted by atomic mass is 16.5. The molecule has 0 amide bonds. The molecule has 2 heteroatoms. The SMILES string of the molecule is Cc1cccc(C(C)C(=O)OC(C)C)c1C. The van der Waals surface area contributed by atoms with Gasteiger partial charge in [0.05, 0.1) is 12.0 Å². The third-order valence-corrected chi connectivity index (χ3v) is 2.82. The van der Waals surface area contributed by atoms with Crippen LogP contribution < -0.4 is 0 Å². The summed E-state index contributed by atoms with van der Waals surface area (Å²) in [4.78, 5) is 11.8. The summed E-state index contributed by atoms with van der Waals surface area (Å²) in [5.41, 5.74) is 3.45. The minimum atomic E-state index is -0.192. The summed E-state index contributed by atoms with van der Waals surface area (Å²) in [6, 6.07) is 6.03. The van der Waals surface area contributed by atoms with E-state index in [2.05, 4.69) is 13.0 Å². The van der Waals surface area contributed by atoms with Crippen LogP contribution in [0.4, 0.5) is 0 Å². The van der Waals surface area contributed by atoms with Crippen LogP contribution in [0.1, 0.15) is 43.4 Å². The van der Waals surface area contributed by atoms with Crippen LogP contribution in [0.25, 0.3) is 0 Å². The lowest BCUT2D eigenvalue weighted by atomic mass is 9.94. The molecule has 1 rings (SSSR count). The molecule has 1 aromatic carbocycles. The molecule has 0 aromatic heterocycles. The van der Waals surface area contributed by atoms with Crippen molar-refractivity contribution in [1.82, 2.24) is 0 Å². The van der Waals surface area contributed by atoms with Gasteiger partial charge in [0.25, 0.3) is 0 Å². The van der Waals surface area contributed by atoms with Crippen LogP contribution in [-0.2, 0) is 9.53 Å². The molecule has 0 radical (unpaired) electrons. The van der Waals surface area contributed by atoms with Crippen molar-refractivity contribution in [2.45, 2.75) is 46.6 Å². The second-order valence-electron chi connectivity index (χ2n) is 4.50. The number of aryl methyl sites for hydroxylation is 1. The lowest BCUT2D eigenvalue weighted by Gasteiger charge is -2.17. The third-order valence-electron chi connectivity index (χ3n) is 2.82. The molecule has 0 bridgehead atoms. The van der Waals surface area contributed by atoms with E-state index in [1.165, 1.54) is 11.1 Å². The Hall–Kier alpha value is -1.31. The van der Waals surface area contributed by atoms with Crippen molar-refractivity contribution in [1.29, 1.82) is 0 Å². The Morgan fingerprint density at radius 2 is 1.81 bits per heavy atom. The van der Waals surface area contributed by atoms with Crippen LogP contribution in [0.3, 0.4) is 0 Å². The van der Waals surface area contributed by atoms with Gasteiger partial charge in [-0.3, -0.25) is 4.79 Å².